The summed E-state index contributed by atoms with van der Waals surface area (Å²) in [7, 11) is 0. The molecule has 1 aromatic heterocycles. The molecule has 0 saturated heterocycles. The Balaban J connectivity index is 2.61. The van der Waals surface area contributed by atoms with Gasteiger partial charge in [0.05, 0.1) is 0 Å². The smallest absolute Gasteiger partial charge is 0.268 e. The average Bonchev–Trinajstić information content (AvgIpc) is 2.66. The quantitative estimate of drug-likeness (QED) is 0.767. The standard InChI is InChI=1S/C12H20N2O2/c1-3-7-14-8-4-5-11(14)12(16)13-10(2)6-9-15/h4-5,8,10,15H,3,6-7,9H2,1-2H3,(H,13,16). The van der Waals surface area contributed by atoms with E-state index < -0.39 is 0 Å². The van der Waals surface area contributed by atoms with Gasteiger partial charge in [0, 0.05) is 25.4 Å². The Kier molecular flexibility index (Phi) is 5.05. The van der Waals surface area contributed by atoms with Crippen molar-refractivity contribution in [1.82, 2.24) is 9.88 Å². The van der Waals surface area contributed by atoms with Crippen LogP contribution in [-0.4, -0.2) is 28.2 Å². The molecule has 16 heavy (non-hydrogen) atoms. The van der Waals surface area contributed by atoms with E-state index in [1.54, 1.807) is 0 Å². The molecule has 1 atom stereocenters. The maximum atomic E-state index is 11.9. The van der Waals surface area contributed by atoms with Crippen LogP contribution >= 0.6 is 0 Å². The lowest BCUT2D eigenvalue weighted by Crippen LogP contribution is -2.34. The highest BCUT2D eigenvalue weighted by Gasteiger charge is 2.12. The zero-order valence-corrected chi connectivity index (χ0v) is 9.94. The van der Waals surface area contributed by atoms with Crippen LogP contribution < -0.4 is 5.32 Å². The fourth-order valence-corrected chi connectivity index (χ4v) is 1.62. The first-order valence-corrected chi connectivity index (χ1v) is 5.76. The zero-order chi connectivity index (χ0) is 12.0. The van der Waals surface area contributed by atoms with Crippen molar-refractivity contribution in [2.24, 2.45) is 0 Å². The maximum absolute atomic E-state index is 11.9. The molecule has 0 aliphatic heterocycles. The predicted octanol–water partition coefficient (Wildman–Crippen LogP) is 1.40. The number of hydrogen-bond donors (Lipinski definition) is 2. The highest BCUT2D eigenvalue weighted by Crippen LogP contribution is 2.04. The number of carbonyl (C=O) groups excluding carboxylic acids is 1. The summed E-state index contributed by atoms with van der Waals surface area (Å²) in [5.41, 5.74) is 0.687. The number of nitrogens with zero attached hydrogens (tertiary/aromatic N) is 1. The number of hydrogen-bond acceptors (Lipinski definition) is 2. The molecule has 0 aliphatic carbocycles. The molecule has 0 radical (unpaired) electrons. The first-order chi connectivity index (χ1) is 7.69. The van der Waals surface area contributed by atoms with E-state index in [4.69, 9.17) is 5.11 Å². The van der Waals surface area contributed by atoms with Crippen LogP contribution in [0.2, 0.25) is 0 Å². The maximum Gasteiger partial charge on any atom is 0.268 e. The molecular weight excluding hydrogens is 204 g/mol. The van der Waals surface area contributed by atoms with Crippen LogP contribution in [0, 0.1) is 0 Å². The first kappa shape index (κ1) is 12.8. The fraction of sp³-hybridized carbons (Fsp3) is 0.583. The molecule has 0 fully saturated rings. The molecule has 1 amide bonds. The Morgan fingerprint density at radius 3 is 3.00 bits per heavy atom. The van der Waals surface area contributed by atoms with Gasteiger partial charge < -0.3 is 15.0 Å². The summed E-state index contributed by atoms with van der Waals surface area (Å²) in [4.78, 5) is 11.9. The van der Waals surface area contributed by atoms with E-state index in [0.29, 0.717) is 12.1 Å². The van der Waals surface area contributed by atoms with E-state index in [1.165, 1.54) is 0 Å². The largest absolute Gasteiger partial charge is 0.396 e. The monoisotopic (exact) mass is 224 g/mol. The van der Waals surface area contributed by atoms with Crippen molar-refractivity contribution in [2.45, 2.75) is 39.3 Å². The molecular formula is C12H20N2O2. The minimum absolute atomic E-state index is 0.00229. The average molecular weight is 224 g/mol. The topological polar surface area (TPSA) is 54.3 Å². The van der Waals surface area contributed by atoms with Crippen LogP contribution in [-0.2, 0) is 6.54 Å². The number of aryl methyl sites for hydroxylation is 1. The number of aliphatic hydroxyl groups is 1. The van der Waals surface area contributed by atoms with Gasteiger partial charge in [-0.25, -0.2) is 0 Å². The summed E-state index contributed by atoms with van der Waals surface area (Å²) in [5.74, 6) is -0.0700. The minimum Gasteiger partial charge on any atom is -0.396 e. The molecule has 4 nitrogen and oxygen atoms in total. The molecule has 1 unspecified atom stereocenters. The van der Waals surface area contributed by atoms with E-state index >= 15 is 0 Å². The van der Waals surface area contributed by atoms with Crippen LogP contribution in [0.15, 0.2) is 18.3 Å². The Labute approximate surface area is 96.3 Å². The molecule has 4 heteroatoms. The molecule has 1 aromatic rings. The number of aliphatic hydroxyl groups excluding tert-OH is 1. The third kappa shape index (κ3) is 3.38. The SMILES string of the molecule is CCCn1cccc1C(=O)NC(C)CCO. The summed E-state index contributed by atoms with van der Waals surface area (Å²) in [6.07, 6.45) is 3.50. The normalized spacial score (nSPS) is 12.4. The molecule has 2 N–H and O–H groups in total. The highest BCUT2D eigenvalue weighted by molar-refractivity contribution is 5.92. The Morgan fingerprint density at radius 2 is 2.38 bits per heavy atom. The van der Waals surface area contributed by atoms with Crippen LogP contribution in [0.5, 0.6) is 0 Å². The summed E-state index contributed by atoms with van der Waals surface area (Å²) in [6.45, 7) is 4.92. The van der Waals surface area contributed by atoms with Gasteiger partial charge in [0.2, 0.25) is 0 Å². The van der Waals surface area contributed by atoms with Gasteiger partial charge in [-0.3, -0.25) is 4.79 Å². The molecule has 1 heterocycles. The number of rotatable bonds is 6. The van der Waals surface area contributed by atoms with E-state index in [0.717, 1.165) is 13.0 Å². The van der Waals surface area contributed by atoms with Crippen LogP contribution in [0.1, 0.15) is 37.2 Å². The third-order valence-electron chi connectivity index (χ3n) is 2.47. The second-order valence-corrected chi connectivity index (χ2v) is 3.97. The highest BCUT2D eigenvalue weighted by atomic mass is 16.3. The Morgan fingerprint density at radius 1 is 1.62 bits per heavy atom. The van der Waals surface area contributed by atoms with Crippen molar-refractivity contribution in [3.05, 3.63) is 24.0 Å². The van der Waals surface area contributed by atoms with Crippen LogP contribution in [0.25, 0.3) is 0 Å². The van der Waals surface area contributed by atoms with E-state index in [1.807, 2.05) is 29.8 Å². The van der Waals surface area contributed by atoms with Crippen LogP contribution in [0.3, 0.4) is 0 Å². The van der Waals surface area contributed by atoms with Gasteiger partial charge in [0.25, 0.3) is 5.91 Å². The molecule has 90 valence electrons. The second-order valence-electron chi connectivity index (χ2n) is 3.97. The number of carbonyl (C=O) groups is 1. The van der Waals surface area contributed by atoms with Gasteiger partial charge >= 0.3 is 0 Å². The lowest BCUT2D eigenvalue weighted by atomic mass is 10.2. The molecule has 0 saturated carbocycles. The van der Waals surface area contributed by atoms with Gasteiger partial charge in [0.15, 0.2) is 0 Å². The third-order valence-corrected chi connectivity index (χ3v) is 2.47. The van der Waals surface area contributed by atoms with Crippen LogP contribution in [0.4, 0.5) is 0 Å². The number of nitrogens with one attached hydrogen (secondary N) is 1. The number of aromatic nitrogens is 1. The van der Waals surface area contributed by atoms with E-state index in [9.17, 15) is 4.79 Å². The zero-order valence-electron chi connectivity index (χ0n) is 9.94. The van der Waals surface area contributed by atoms with Gasteiger partial charge in [-0.15, -0.1) is 0 Å². The summed E-state index contributed by atoms with van der Waals surface area (Å²) in [6, 6.07) is 3.69. The van der Waals surface area contributed by atoms with E-state index in [2.05, 4.69) is 12.2 Å². The minimum atomic E-state index is -0.0700. The van der Waals surface area contributed by atoms with Gasteiger partial charge in [0.1, 0.15) is 5.69 Å². The summed E-state index contributed by atoms with van der Waals surface area (Å²) >= 11 is 0. The van der Waals surface area contributed by atoms with Crippen molar-refractivity contribution in [3.63, 3.8) is 0 Å². The van der Waals surface area contributed by atoms with E-state index in [-0.39, 0.29) is 18.6 Å². The van der Waals surface area contributed by atoms with Gasteiger partial charge in [-0.05, 0) is 31.9 Å². The lowest BCUT2D eigenvalue weighted by molar-refractivity contribution is 0.0925. The van der Waals surface area contributed by atoms with Crippen molar-refractivity contribution < 1.29 is 9.90 Å². The fourth-order valence-electron chi connectivity index (χ4n) is 1.62. The summed E-state index contributed by atoms with van der Waals surface area (Å²) in [5, 5.41) is 11.6. The van der Waals surface area contributed by atoms with Crippen molar-refractivity contribution in [2.75, 3.05) is 6.61 Å². The van der Waals surface area contributed by atoms with Gasteiger partial charge in [-0.1, -0.05) is 6.92 Å². The summed E-state index contributed by atoms with van der Waals surface area (Å²) < 4.78 is 1.95. The molecule has 0 aliphatic rings. The van der Waals surface area contributed by atoms with Crippen molar-refractivity contribution in [3.8, 4) is 0 Å². The molecule has 0 bridgehead atoms. The second kappa shape index (κ2) is 6.33. The number of amides is 1. The lowest BCUT2D eigenvalue weighted by Gasteiger charge is -2.13. The molecule has 0 spiro atoms. The van der Waals surface area contributed by atoms with Crippen molar-refractivity contribution in [1.29, 1.82) is 0 Å². The van der Waals surface area contributed by atoms with Gasteiger partial charge in [-0.2, -0.15) is 0 Å². The first-order valence-electron chi connectivity index (χ1n) is 5.76. The Hall–Kier alpha value is -1.29. The molecule has 1 rings (SSSR count). The Bertz CT molecular complexity index is 334. The predicted molar refractivity (Wildman–Crippen MR) is 63.4 cm³/mol. The van der Waals surface area contributed by atoms with Crippen molar-refractivity contribution >= 4 is 5.91 Å². The molecule has 0 aromatic carbocycles.